The van der Waals surface area contributed by atoms with E-state index in [4.69, 9.17) is 14.6 Å². The first-order valence-corrected chi connectivity index (χ1v) is 5.46. The highest BCUT2D eigenvalue weighted by Crippen LogP contribution is 2.24. The number of carbonyl (C=O) groups is 1. The zero-order chi connectivity index (χ0) is 14.4. The molecule has 0 fully saturated rings. The van der Waals surface area contributed by atoms with Crippen molar-refractivity contribution in [2.45, 2.75) is 12.5 Å². The number of benzene rings is 1. The first-order valence-electron chi connectivity index (χ1n) is 5.46. The third-order valence-corrected chi connectivity index (χ3v) is 2.42. The zero-order valence-corrected chi connectivity index (χ0v) is 10.5. The Kier molecular flexibility index (Phi) is 5.50. The molecule has 1 rings (SSSR count). The van der Waals surface area contributed by atoms with Crippen molar-refractivity contribution in [1.82, 2.24) is 5.32 Å². The monoisotopic (exact) mass is 275 g/mol. The van der Waals surface area contributed by atoms with E-state index in [0.29, 0.717) is 5.75 Å². The van der Waals surface area contributed by atoms with Crippen LogP contribution >= 0.6 is 0 Å². The summed E-state index contributed by atoms with van der Waals surface area (Å²) in [4.78, 5) is 11.8. The smallest absolute Gasteiger partial charge is 0.265 e. The van der Waals surface area contributed by atoms with Gasteiger partial charge in [-0.1, -0.05) is 0 Å². The minimum atomic E-state index is -2.90. The van der Waals surface area contributed by atoms with Crippen LogP contribution in [0.4, 0.5) is 8.78 Å². The van der Waals surface area contributed by atoms with Gasteiger partial charge in [-0.2, -0.15) is 0 Å². The second kappa shape index (κ2) is 6.89. The molecule has 7 heteroatoms. The average Bonchev–Trinajstić information content (AvgIpc) is 2.43. The maximum atomic E-state index is 12.1. The summed E-state index contributed by atoms with van der Waals surface area (Å²) in [7, 11) is 2.84. The van der Waals surface area contributed by atoms with E-state index in [-0.39, 0.29) is 11.3 Å². The van der Waals surface area contributed by atoms with E-state index in [1.54, 1.807) is 6.07 Å². The Morgan fingerprint density at radius 2 is 2.05 bits per heavy atom. The van der Waals surface area contributed by atoms with Crippen molar-refractivity contribution < 1.29 is 28.2 Å². The van der Waals surface area contributed by atoms with Crippen molar-refractivity contribution >= 4 is 5.91 Å². The molecule has 0 heterocycles. The van der Waals surface area contributed by atoms with Crippen LogP contribution in [0.3, 0.4) is 0 Å². The van der Waals surface area contributed by atoms with Crippen molar-refractivity contribution in [3.05, 3.63) is 23.8 Å². The second-order valence-corrected chi connectivity index (χ2v) is 3.68. The molecule has 2 N–H and O–H groups in total. The van der Waals surface area contributed by atoms with E-state index in [1.165, 1.54) is 26.4 Å². The molecule has 1 amide bonds. The van der Waals surface area contributed by atoms with Crippen LogP contribution in [0.2, 0.25) is 0 Å². The van der Waals surface area contributed by atoms with Crippen molar-refractivity contribution in [3.8, 4) is 11.5 Å². The zero-order valence-electron chi connectivity index (χ0n) is 10.5. The number of halogens is 2. The minimum Gasteiger partial charge on any atom is -0.497 e. The first kappa shape index (κ1) is 15.2. The Labute approximate surface area is 109 Å². The third kappa shape index (κ3) is 4.06. The van der Waals surface area contributed by atoms with E-state index in [1.807, 2.05) is 0 Å². The van der Waals surface area contributed by atoms with Crippen LogP contribution in [0.1, 0.15) is 10.4 Å². The summed E-state index contributed by atoms with van der Waals surface area (Å²) in [6.45, 7) is -0.536. The highest BCUT2D eigenvalue weighted by molar-refractivity contribution is 5.97. The third-order valence-electron chi connectivity index (χ3n) is 2.42. The Balaban J connectivity index is 2.76. The SMILES string of the molecule is COc1ccc(C(=O)NCC(O)C(F)F)c(OC)c1. The van der Waals surface area contributed by atoms with E-state index in [2.05, 4.69) is 5.32 Å². The van der Waals surface area contributed by atoms with Gasteiger partial charge < -0.3 is 19.9 Å². The number of amides is 1. The summed E-state index contributed by atoms with van der Waals surface area (Å²) < 4.78 is 34.1. The molecule has 0 aliphatic rings. The molecule has 0 aromatic heterocycles. The van der Waals surface area contributed by atoms with Crippen LogP contribution in [-0.2, 0) is 0 Å². The maximum Gasteiger partial charge on any atom is 0.265 e. The van der Waals surface area contributed by atoms with Gasteiger partial charge in [0.25, 0.3) is 12.3 Å². The van der Waals surface area contributed by atoms with Gasteiger partial charge in [0.15, 0.2) is 0 Å². The molecule has 0 saturated heterocycles. The fraction of sp³-hybridized carbons (Fsp3) is 0.417. The number of aliphatic hydroxyl groups excluding tert-OH is 1. The number of hydrogen-bond acceptors (Lipinski definition) is 4. The van der Waals surface area contributed by atoms with E-state index in [9.17, 15) is 13.6 Å². The van der Waals surface area contributed by atoms with Crippen LogP contribution in [-0.4, -0.2) is 44.3 Å². The van der Waals surface area contributed by atoms with Crippen LogP contribution in [0, 0.1) is 0 Å². The highest BCUT2D eigenvalue weighted by atomic mass is 19.3. The van der Waals surface area contributed by atoms with Gasteiger partial charge in [0.1, 0.15) is 17.6 Å². The predicted molar refractivity (Wildman–Crippen MR) is 63.9 cm³/mol. The number of ether oxygens (including phenoxy) is 2. The molecule has 1 aromatic rings. The Bertz CT molecular complexity index is 440. The molecule has 0 radical (unpaired) electrons. The number of carbonyl (C=O) groups excluding carboxylic acids is 1. The molecule has 0 bridgehead atoms. The van der Waals surface area contributed by atoms with Crippen LogP contribution in [0.15, 0.2) is 18.2 Å². The molecule has 1 unspecified atom stereocenters. The molecule has 0 spiro atoms. The van der Waals surface area contributed by atoms with Gasteiger partial charge in [-0.15, -0.1) is 0 Å². The van der Waals surface area contributed by atoms with Gasteiger partial charge in [0.2, 0.25) is 0 Å². The fourth-order valence-corrected chi connectivity index (χ4v) is 1.37. The number of nitrogens with one attached hydrogen (secondary N) is 1. The molecule has 1 aromatic carbocycles. The maximum absolute atomic E-state index is 12.1. The Morgan fingerprint density at radius 3 is 2.58 bits per heavy atom. The molecular weight excluding hydrogens is 260 g/mol. The lowest BCUT2D eigenvalue weighted by molar-refractivity contribution is -0.00271. The summed E-state index contributed by atoms with van der Waals surface area (Å²) >= 11 is 0. The quantitative estimate of drug-likeness (QED) is 0.814. The average molecular weight is 275 g/mol. The standard InChI is InChI=1S/C12H15F2NO4/c1-18-7-3-4-8(10(5-7)19-2)12(17)15-6-9(16)11(13)14/h3-5,9,11,16H,6H2,1-2H3,(H,15,17). The summed E-state index contributed by atoms with van der Waals surface area (Å²) in [6, 6.07) is 4.49. The number of alkyl halides is 2. The Hall–Kier alpha value is -1.89. The van der Waals surface area contributed by atoms with Gasteiger partial charge in [-0.05, 0) is 12.1 Å². The van der Waals surface area contributed by atoms with Gasteiger partial charge in [-0.3, -0.25) is 4.79 Å². The summed E-state index contributed by atoms with van der Waals surface area (Å²) in [5, 5.41) is 11.1. The van der Waals surface area contributed by atoms with E-state index < -0.39 is 25.0 Å². The lowest BCUT2D eigenvalue weighted by Gasteiger charge is -2.13. The van der Waals surface area contributed by atoms with Crippen LogP contribution < -0.4 is 14.8 Å². The molecule has 0 saturated carbocycles. The molecule has 106 valence electrons. The van der Waals surface area contributed by atoms with Crippen molar-refractivity contribution in [2.75, 3.05) is 20.8 Å². The van der Waals surface area contributed by atoms with Crippen molar-refractivity contribution in [3.63, 3.8) is 0 Å². The molecular formula is C12H15F2NO4. The van der Waals surface area contributed by atoms with Crippen LogP contribution in [0.5, 0.6) is 11.5 Å². The molecule has 19 heavy (non-hydrogen) atoms. The van der Waals surface area contributed by atoms with Gasteiger partial charge in [-0.25, -0.2) is 8.78 Å². The summed E-state index contributed by atoms with van der Waals surface area (Å²) in [5.41, 5.74) is 0.171. The van der Waals surface area contributed by atoms with Crippen molar-refractivity contribution in [1.29, 1.82) is 0 Å². The number of hydrogen-bond donors (Lipinski definition) is 2. The number of rotatable bonds is 6. The van der Waals surface area contributed by atoms with Gasteiger partial charge >= 0.3 is 0 Å². The Morgan fingerprint density at radius 1 is 1.37 bits per heavy atom. The summed E-state index contributed by atoms with van der Waals surface area (Å²) in [6.07, 6.45) is -4.80. The highest BCUT2D eigenvalue weighted by Gasteiger charge is 2.19. The lowest BCUT2D eigenvalue weighted by Crippen LogP contribution is -2.35. The van der Waals surface area contributed by atoms with E-state index >= 15 is 0 Å². The molecule has 0 aliphatic heterocycles. The molecule has 5 nitrogen and oxygen atoms in total. The van der Waals surface area contributed by atoms with E-state index in [0.717, 1.165) is 0 Å². The fourth-order valence-electron chi connectivity index (χ4n) is 1.37. The van der Waals surface area contributed by atoms with Crippen molar-refractivity contribution in [2.24, 2.45) is 0 Å². The second-order valence-electron chi connectivity index (χ2n) is 3.68. The minimum absolute atomic E-state index is 0.171. The first-order chi connectivity index (χ1) is 8.99. The lowest BCUT2D eigenvalue weighted by atomic mass is 10.1. The van der Waals surface area contributed by atoms with Crippen LogP contribution in [0.25, 0.3) is 0 Å². The largest absolute Gasteiger partial charge is 0.497 e. The normalized spacial score (nSPS) is 12.1. The topological polar surface area (TPSA) is 67.8 Å². The molecule has 1 atom stereocenters. The van der Waals surface area contributed by atoms with Gasteiger partial charge in [0, 0.05) is 12.6 Å². The summed E-state index contributed by atoms with van der Waals surface area (Å²) in [5.74, 6) is 0.142. The molecule has 0 aliphatic carbocycles. The number of aliphatic hydroxyl groups is 1. The predicted octanol–water partition coefficient (Wildman–Crippen LogP) is 1.06. The number of methoxy groups -OCH3 is 2. The van der Waals surface area contributed by atoms with Gasteiger partial charge in [0.05, 0.1) is 19.8 Å².